The van der Waals surface area contributed by atoms with Gasteiger partial charge < -0.3 is 10.5 Å². The molecule has 0 saturated heterocycles. The monoisotopic (exact) mass is 284 g/mol. The molecule has 3 heteroatoms. The van der Waals surface area contributed by atoms with Gasteiger partial charge in [-0.25, -0.2) is 0 Å². The molecule has 0 radical (unpaired) electrons. The molecule has 0 bridgehead atoms. The average Bonchev–Trinajstić information content (AvgIpc) is 2.51. The maximum absolute atomic E-state index is 9.35. The van der Waals surface area contributed by atoms with Crippen LogP contribution in [0, 0.1) is 0 Å². The summed E-state index contributed by atoms with van der Waals surface area (Å²) in [7, 11) is 0. The Morgan fingerprint density at radius 1 is 0.905 bits per heavy atom. The molecule has 1 atom stereocenters. The van der Waals surface area contributed by atoms with Gasteiger partial charge in [0.2, 0.25) is 0 Å². The number of hydrogen-bond donors (Lipinski definition) is 2. The molecule has 0 amide bonds. The maximum atomic E-state index is 9.35. The number of benzene rings is 1. The number of nitrogens with zero attached hydrogens (tertiary/aromatic N) is 1. The first-order valence-electron chi connectivity index (χ1n) is 7.72. The van der Waals surface area contributed by atoms with Crippen LogP contribution in [-0.2, 0) is 0 Å². The third-order valence-corrected chi connectivity index (χ3v) is 3.67. The largest absolute Gasteiger partial charge is 0.411 e. The second-order valence-corrected chi connectivity index (χ2v) is 5.29. The Balaban J connectivity index is 2.08. The van der Waals surface area contributed by atoms with Gasteiger partial charge in [-0.05, 0) is 50.7 Å². The highest BCUT2D eigenvalue weighted by Crippen LogP contribution is 2.15. The zero-order chi connectivity index (χ0) is 14.8. The normalized spacial score (nSPS) is 25.5. The van der Waals surface area contributed by atoms with Crippen molar-refractivity contribution >= 4 is 11.4 Å². The zero-order valence-corrected chi connectivity index (χ0v) is 12.4. The standard InChI is InChI=1S/C18H24N2O/c21-20-18-15-11-6-4-2-1-3-5-10-14-17(18)19-16-12-8-7-9-13-16/h3-9,12-13,17,19,21H,1-2,10-11,14-15H2/b5-3+,6-4+,20-18+/t17-/m0/s1. The van der Waals surface area contributed by atoms with Crippen molar-refractivity contribution in [2.45, 2.75) is 44.6 Å². The van der Waals surface area contributed by atoms with Gasteiger partial charge >= 0.3 is 0 Å². The van der Waals surface area contributed by atoms with Crippen LogP contribution in [0.25, 0.3) is 0 Å². The minimum Gasteiger partial charge on any atom is -0.411 e. The van der Waals surface area contributed by atoms with Gasteiger partial charge in [0.25, 0.3) is 0 Å². The van der Waals surface area contributed by atoms with Crippen molar-refractivity contribution in [2.24, 2.45) is 5.16 Å². The molecule has 0 saturated carbocycles. The molecule has 0 aliphatic heterocycles. The summed E-state index contributed by atoms with van der Waals surface area (Å²) in [5.74, 6) is 0. The third-order valence-electron chi connectivity index (χ3n) is 3.67. The maximum Gasteiger partial charge on any atom is 0.0795 e. The highest BCUT2D eigenvalue weighted by atomic mass is 16.4. The zero-order valence-electron chi connectivity index (χ0n) is 12.4. The van der Waals surface area contributed by atoms with Crippen LogP contribution < -0.4 is 5.32 Å². The van der Waals surface area contributed by atoms with E-state index < -0.39 is 0 Å². The summed E-state index contributed by atoms with van der Waals surface area (Å²) in [6, 6.07) is 10.2. The quantitative estimate of drug-likeness (QED) is 0.467. The number of hydrogen-bond acceptors (Lipinski definition) is 3. The van der Waals surface area contributed by atoms with Crippen molar-refractivity contribution in [1.29, 1.82) is 0 Å². The number of rotatable bonds is 2. The fraction of sp³-hybridized carbons (Fsp3) is 0.389. The van der Waals surface area contributed by atoms with E-state index in [2.05, 4.69) is 34.8 Å². The molecule has 2 N–H and O–H groups in total. The van der Waals surface area contributed by atoms with Crippen LogP contribution in [0.2, 0.25) is 0 Å². The van der Waals surface area contributed by atoms with Crippen LogP contribution in [0.5, 0.6) is 0 Å². The molecule has 112 valence electrons. The molecule has 3 nitrogen and oxygen atoms in total. The molecule has 1 aliphatic carbocycles. The molecule has 1 aliphatic rings. The van der Waals surface area contributed by atoms with E-state index >= 15 is 0 Å². The van der Waals surface area contributed by atoms with Crippen molar-refractivity contribution < 1.29 is 5.21 Å². The van der Waals surface area contributed by atoms with Crippen molar-refractivity contribution in [1.82, 2.24) is 0 Å². The second kappa shape index (κ2) is 9.01. The van der Waals surface area contributed by atoms with Crippen LogP contribution >= 0.6 is 0 Å². The summed E-state index contributed by atoms with van der Waals surface area (Å²) in [5.41, 5.74) is 1.90. The minimum atomic E-state index is 0.0786. The molecule has 21 heavy (non-hydrogen) atoms. The van der Waals surface area contributed by atoms with Gasteiger partial charge in [-0.3, -0.25) is 0 Å². The Hall–Kier alpha value is -2.03. The number of anilines is 1. The van der Waals surface area contributed by atoms with Crippen molar-refractivity contribution in [3.8, 4) is 0 Å². The van der Waals surface area contributed by atoms with Gasteiger partial charge in [0.05, 0.1) is 11.8 Å². The van der Waals surface area contributed by atoms with Gasteiger partial charge in [-0.1, -0.05) is 47.7 Å². The van der Waals surface area contributed by atoms with E-state index in [0.29, 0.717) is 0 Å². The number of nitrogens with one attached hydrogen (secondary N) is 1. The van der Waals surface area contributed by atoms with Gasteiger partial charge in [0.15, 0.2) is 0 Å². The molecule has 0 fully saturated rings. The molecule has 0 aromatic heterocycles. The second-order valence-electron chi connectivity index (χ2n) is 5.29. The average molecular weight is 284 g/mol. The Kier molecular flexibility index (Phi) is 6.59. The van der Waals surface area contributed by atoms with Gasteiger partial charge in [-0.15, -0.1) is 0 Å². The fourth-order valence-corrected chi connectivity index (χ4v) is 2.51. The van der Waals surface area contributed by atoms with Gasteiger partial charge in [0.1, 0.15) is 0 Å². The minimum absolute atomic E-state index is 0.0786. The van der Waals surface area contributed by atoms with Crippen LogP contribution in [0.4, 0.5) is 5.69 Å². The Labute approximate surface area is 127 Å². The summed E-state index contributed by atoms with van der Waals surface area (Å²) in [6.45, 7) is 0. The Morgan fingerprint density at radius 3 is 2.29 bits per heavy atom. The van der Waals surface area contributed by atoms with E-state index in [4.69, 9.17) is 0 Å². The molecule has 1 aromatic carbocycles. The predicted molar refractivity (Wildman–Crippen MR) is 89.1 cm³/mol. The summed E-state index contributed by atoms with van der Waals surface area (Å²) < 4.78 is 0. The highest BCUT2D eigenvalue weighted by molar-refractivity contribution is 5.91. The molecular weight excluding hydrogens is 260 g/mol. The molecule has 0 unspecified atom stereocenters. The van der Waals surface area contributed by atoms with E-state index in [1.165, 1.54) is 0 Å². The Bertz CT molecular complexity index is 491. The molecule has 1 aromatic rings. The molecule has 0 heterocycles. The lowest BCUT2D eigenvalue weighted by Crippen LogP contribution is -2.29. The van der Waals surface area contributed by atoms with E-state index in [0.717, 1.165) is 49.9 Å². The van der Waals surface area contributed by atoms with Crippen LogP contribution in [-0.4, -0.2) is 17.0 Å². The van der Waals surface area contributed by atoms with Crippen LogP contribution in [0.15, 0.2) is 59.8 Å². The summed E-state index contributed by atoms with van der Waals surface area (Å²) in [4.78, 5) is 0. The summed E-state index contributed by atoms with van der Waals surface area (Å²) in [6.07, 6.45) is 14.7. The lowest BCUT2D eigenvalue weighted by atomic mass is 10.00. The number of oxime groups is 1. The SMILES string of the molecule is O/N=C1\CC/C=C/CC/C=C/CC[C@@H]1Nc1ccccc1. The van der Waals surface area contributed by atoms with Gasteiger partial charge in [-0.2, -0.15) is 0 Å². The number of para-hydroxylation sites is 1. The van der Waals surface area contributed by atoms with E-state index in [9.17, 15) is 5.21 Å². The summed E-state index contributed by atoms with van der Waals surface area (Å²) in [5, 5.41) is 16.4. The van der Waals surface area contributed by atoms with Crippen molar-refractivity contribution in [3.63, 3.8) is 0 Å². The summed E-state index contributed by atoms with van der Waals surface area (Å²) >= 11 is 0. The predicted octanol–water partition coefficient (Wildman–Crippen LogP) is 4.76. The molecule has 2 rings (SSSR count). The van der Waals surface area contributed by atoms with Crippen molar-refractivity contribution in [2.75, 3.05) is 5.32 Å². The fourth-order valence-electron chi connectivity index (χ4n) is 2.51. The Morgan fingerprint density at radius 2 is 1.57 bits per heavy atom. The topological polar surface area (TPSA) is 44.6 Å². The first kappa shape index (κ1) is 15.4. The van der Waals surface area contributed by atoms with Crippen molar-refractivity contribution in [3.05, 3.63) is 54.6 Å². The van der Waals surface area contributed by atoms with E-state index in [1.54, 1.807) is 0 Å². The molecule has 0 spiro atoms. The van der Waals surface area contributed by atoms with Crippen LogP contribution in [0.1, 0.15) is 38.5 Å². The van der Waals surface area contributed by atoms with E-state index in [-0.39, 0.29) is 6.04 Å². The van der Waals surface area contributed by atoms with Gasteiger partial charge in [0, 0.05) is 5.69 Å². The van der Waals surface area contributed by atoms with Crippen LogP contribution in [0.3, 0.4) is 0 Å². The first-order valence-corrected chi connectivity index (χ1v) is 7.72. The lowest BCUT2D eigenvalue weighted by Gasteiger charge is -2.20. The highest BCUT2D eigenvalue weighted by Gasteiger charge is 2.15. The number of allylic oxidation sites excluding steroid dienone is 4. The van der Waals surface area contributed by atoms with E-state index in [1.807, 2.05) is 30.3 Å². The third kappa shape index (κ3) is 5.46. The molecular formula is C18H24N2O. The first-order chi connectivity index (χ1) is 10.4. The lowest BCUT2D eigenvalue weighted by molar-refractivity contribution is 0.315. The smallest absolute Gasteiger partial charge is 0.0795 e.